The summed E-state index contributed by atoms with van der Waals surface area (Å²) in [5.41, 5.74) is 7.30. The zero-order valence-electron chi connectivity index (χ0n) is 18.2. The first-order valence-corrected chi connectivity index (χ1v) is 12.3. The first-order chi connectivity index (χ1) is 16.2. The van der Waals surface area contributed by atoms with Crippen molar-refractivity contribution in [2.75, 3.05) is 26.1 Å². The maximum Gasteiger partial charge on any atom is 0.323 e. The predicted octanol–water partition coefficient (Wildman–Crippen LogP) is 4.91. The Kier molecular flexibility index (Phi) is 7.65. The standard InChI is InChI=1S/C23H22BrF2IN4O3/c1-33-20-12-34-7-6-19(20)31(11-16-4-3-15(10-29-16)23(25,26)27)22(32)13-2-5-18-14(8-13)9-17(24)21(28)30-18/h2-5,8-10,19-20H,6-7,11-12H2,1H3,(H2,28,30)/t19-,20-/m1/s1. The van der Waals surface area contributed by atoms with Crippen molar-refractivity contribution in [3.63, 3.8) is 0 Å². The number of alkyl halides is 3. The Balaban J connectivity index is 1.69. The van der Waals surface area contributed by atoms with Crippen molar-refractivity contribution in [2.24, 2.45) is 0 Å². The number of amides is 1. The van der Waals surface area contributed by atoms with Gasteiger partial charge in [0.2, 0.25) is 0 Å². The molecule has 0 bridgehead atoms. The molecule has 4 rings (SSSR count). The fourth-order valence-corrected chi connectivity index (χ4v) is 4.60. The molecule has 1 aliphatic rings. The Hall–Kier alpha value is -1.96. The molecule has 0 unspecified atom stereocenters. The highest BCUT2D eigenvalue weighted by molar-refractivity contribution is 14.1. The first kappa shape index (κ1) is 25.1. The number of nitrogens with zero attached hydrogens (tertiary/aromatic N) is 3. The van der Waals surface area contributed by atoms with Crippen LogP contribution in [0.4, 0.5) is 14.6 Å². The molecule has 2 aromatic heterocycles. The largest absolute Gasteiger partial charge is 0.383 e. The third-order valence-electron chi connectivity index (χ3n) is 5.76. The average Bonchev–Trinajstić information content (AvgIpc) is 2.82. The number of fused-ring (bicyclic) bond motifs is 1. The van der Waals surface area contributed by atoms with Crippen LogP contribution in [-0.4, -0.2) is 53.2 Å². The van der Waals surface area contributed by atoms with Gasteiger partial charge in [0.05, 0.1) is 34.9 Å². The molecule has 0 spiro atoms. The van der Waals surface area contributed by atoms with Crippen molar-refractivity contribution in [1.29, 1.82) is 0 Å². The number of hydrogen-bond acceptors (Lipinski definition) is 6. The van der Waals surface area contributed by atoms with Gasteiger partial charge in [0.15, 0.2) is 0 Å². The molecule has 1 saturated heterocycles. The monoisotopic (exact) mass is 646 g/mol. The van der Waals surface area contributed by atoms with Crippen molar-refractivity contribution < 1.29 is 23.0 Å². The number of halogens is 4. The molecule has 1 fully saturated rings. The molecule has 2 N–H and O–H groups in total. The summed E-state index contributed by atoms with van der Waals surface area (Å²) in [4.78, 5) is 24.0. The Morgan fingerprint density at radius 2 is 2.15 bits per heavy atom. The molecule has 2 atom stereocenters. The summed E-state index contributed by atoms with van der Waals surface area (Å²) in [5, 5.41) is 0.758. The number of rotatable bonds is 6. The number of nitrogens with two attached hydrogens (primary N) is 1. The summed E-state index contributed by atoms with van der Waals surface area (Å²) in [7, 11) is 1.58. The van der Waals surface area contributed by atoms with E-state index < -0.39 is 3.93 Å². The van der Waals surface area contributed by atoms with Crippen LogP contribution >= 0.6 is 38.5 Å². The number of benzene rings is 1. The van der Waals surface area contributed by atoms with Crippen LogP contribution in [0.2, 0.25) is 0 Å². The second kappa shape index (κ2) is 10.3. The molecule has 3 heterocycles. The van der Waals surface area contributed by atoms with Crippen LogP contribution in [0.1, 0.15) is 28.0 Å². The van der Waals surface area contributed by atoms with E-state index >= 15 is 0 Å². The molecule has 1 aliphatic heterocycles. The topological polar surface area (TPSA) is 90.6 Å². The maximum atomic E-state index is 13.8. The second-order valence-electron chi connectivity index (χ2n) is 7.94. The van der Waals surface area contributed by atoms with E-state index in [4.69, 9.17) is 15.2 Å². The highest BCUT2D eigenvalue weighted by atomic mass is 127. The van der Waals surface area contributed by atoms with E-state index in [-0.39, 0.29) is 30.2 Å². The third kappa shape index (κ3) is 5.47. The quantitative estimate of drug-likeness (QED) is 0.303. The van der Waals surface area contributed by atoms with Gasteiger partial charge in [0.1, 0.15) is 11.9 Å². The van der Waals surface area contributed by atoms with Crippen LogP contribution in [0.15, 0.2) is 47.1 Å². The number of aromatic nitrogens is 2. The van der Waals surface area contributed by atoms with E-state index in [0.717, 1.165) is 34.2 Å². The molecule has 34 heavy (non-hydrogen) atoms. The number of carbonyl (C=O) groups is 1. The lowest BCUT2D eigenvalue weighted by Crippen LogP contribution is -2.51. The molecule has 0 aliphatic carbocycles. The summed E-state index contributed by atoms with van der Waals surface area (Å²) in [6.45, 7) is 0.972. The second-order valence-corrected chi connectivity index (χ2v) is 10.1. The van der Waals surface area contributed by atoms with Crippen LogP contribution in [0, 0.1) is 0 Å². The van der Waals surface area contributed by atoms with E-state index in [0.29, 0.717) is 46.7 Å². The lowest BCUT2D eigenvalue weighted by molar-refractivity contribution is -0.0772. The lowest BCUT2D eigenvalue weighted by atomic mass is 10.0. The van der Waals surface area contributed by atoms with Crippen LogP contribution in [0.5, 0.6) is 0 Å². The highest BCUT2D eigenvalue weighted by Crippen LogP contribution is 2.34. The van der Waals surface area contributed by atoms with Crippen molar-refractivity contribution in [3.05, 3.63) is 63.9 Å². The minimum Gasteiger partial charge on any atom is -0.383 e. The van der Waals surface area contributed by atoms with Gasteiger partial charge in [0.25, 0.3) is 5.91 Å². The molecule has 3 aromatic rings. The average molecular weight is 647 g/mol. The molecule has 1 amide bonds. The van der Waals surface area contributed by atoms with Crippen LogP contribution < -0.4 is 5.73 Å². The molecule has 0 radical (unpaired) electrons. The van der Waals surface area contributed by atoms with Gasteiger partial charge < -0.3 is 20.1 Å². The van der Waals surface area contributed by atoms with Crippen molar-refractivity contribution >= 4 is 61.1 Å². The van der Waals surface area contributed by atoms with E-state index in [1.54, 1.807) is 30.2 Å². The molecule has 11 heteroatoms. The number of methoxy groups -OCH3 is 1. The van der Waals surface area contributed by atoms with Gasteiger partial charge in [0, 0.05) is 59.0 Å². The minimum absolute atomic E-state index is 0.137. The Morgan fingerprint density at radius 1 is 1.35 bits per heavy atom. The summed E-state index contributed by atoms with van der Waals surface area (Å²) >= 11 is 4.44. The third-order valence-corrected chi connectivity index (χ3v) is 7.02. The van der Waals surface area contributed by atoms with Crippen LogP contribution in [0.3, 0.4) is 0 Å². The van der Waals surface area contributed by atoms with Gasteiger partial charge in [-0.3, -0.25) is 9.78 Å². The fraction of sp³-hybridized carbons (Fsp3) is 0.348. The SMILES string of the molecule is CO[C@@H]1COCC[C@H]1N(Cc1ccc(C(F)(F)I)cn1)C(=O)c1ccc2nc(N)c(Br)cc2c1. The lowest BCUT2D eigenvalue weighted by Gasteiger charge is -2.39. The van der Waals surface area contributed by atoms with Crippen LogP contribution in [0.25, 0.3) is 10.9 Å². The van der Waals surface area contributed by atoms with Gasteiger partial charge in [-0.25, -0.2) is 4.98 Å². The van der Waals surface area contributed by atoms with Crippen molar-refractivity contribution in [3.8, 4) is 0 Å². The van der Waals surface area contributed by atoms with Gasteiger partial charge in [-0.15, -0.1) is 0 Å². The fourth-order valence-electron chi connectivity index (χ4n) is 3.95. The van der Waals surface area contributed by atoms with E-state index in [9.17, 15) is 13.6 Å². The van der Waals surface area contributed by atoms with E-state index in [1.165, 1.54) is 12.1 Å². The van der Waals surface area contributed by atoms with Gasteiger partial charge >= 0.3 is 3.93 Å². The number of pyridine rings is 2. The zero-order valence-corrected chi connectivity index (χ0v) is 21.9. The Morgan fingerprint density at radius 3 is 2.82 bits per heavy atom. The zero-order chi connectivity index (χ0) is 24.5. The normalized spacial score (nSPS) is 18.7. The molecular formula is C23H22BrF2IN4O3. The van der Waals surface area contributed by atoms with E-state index in [2.05, 4.69) is 25.9 Å². The Labute approximate surface area is 217 Å². The number of anilines is 1. The molecule has 0 saturated carbocycles. The van der Waals surface area contributed by atoms with Gasteiger partial charge in [-0.05, 0) is 58.7 Å². The number of nitrogen functional groups attached to an aromatic ring is 1. The minimum atomic E-state index is -3.02. The van der Waals surface area contributed by atoms with Crippen molar-refractivity contribution in [2.45, 2.75) is 29.0 Å². The van der Waals surface area contributed by atoms with Gasteiger partial charge in [-0.1, -0.05) is 0 Å². The summed E-state index contributed by atoms with van der Waals surface area (Å²) < 4.78 is 36.0. The Bertz CT molecular complexity index is 1190. The summed E-state index contributed by atoms with van der Waals surface area (Å²) in [5.74, 6) is 0.138. The summed E-state index contributed by atoms with van der Waals surface area (Å²) in [6, 6.07) is 9.60. The van der Waals surface area contributed by atoms with E-state index in [1.807, 2.05) is 6.07 Å². The highest BCUT2D eigenvalue weighted by Gasteiger charge is 2.35. The summed E-state index contributed by atoms with van der Waals surface area (Å²) in [6.07, 6.45) is 1.39. The van der Waals surface area contributed by atoms with Crippen LogP contribution in [-0.2, 0) is 19.9 Å². The number of ether oxygens (including phenoxy) is 2. The maximum absolute atomic E-state index is 13.8. The number of carbonyl (C=O) groups excluding carboxylic acids is 1. The number of hydrogen-bond donors (Lipinski definition) is 1. The molecule has 7 nitrogen and oxygen atoms in total. The molecular weight excluding hydrogens is 625 g/mol. The molecule has 180 valence electrons. The van der Waals surface area contributed by atoms with Crippen molar-refractivity contribution in [1.82, 2.24) is 14.9 Å². The van der Waals surface area contributed by atoms with Gasteiger partial charge in [-0.2, -0.15) is 8.78 Å². The predicted molar refractivity (Wildman–Crippen MR) is 136 cm³/mol. The first-order valence-electron chi connectivity index (χ1n) is 10.5. The smallest absolute Gasteiger partial charge is 0.323 e. The molecule has 1 aromatic carbocycles.